The predicted octanol–water partition coefficient (Wildman–Crippen LogP) is 4.07. The normalized spacial score (nSPS) is 17.8. The van der Waals surface area contributed by atoms with Crippen LogP contribution in [0.2, 0.25) is 0 Å². The summed E-state index contributed by atoms with van der Waals surface area (Å²) in [4.78, 5) is 23.7. The molecule has 0 spiro atoms. The fourth-order valence-electron chi connectivity index (χ4n) is 4.01. The number of hydrogen-bond donors (Lipinski definition) is 1. The van der Waals surface area contributed by atoms with Crippen molar-refractivity contribution in [1.82, 2.24) is 20.2 Å². The highest BCUT2D eigenvalue weighted by molar-refractivity contribution is 7.09. The van der Waals surface area contributed by atoms with Gasteiger partial charge in [-0.2, -0.15) is 0 Å². The van der Waals surface area contributed by atoms with E-state index in [4.69, 9.17) is 4.74 Å². The van der Waals surface area contributed by atoms with Gasteiger partial charge in [0.1, 0.15) is 22.3 Å². The van der Waals surface area contributed by atoms with Crippen molar-refractivity contribution in [2.75, 3.05) is 20.2 Å². The molecule has 6 nitrogen and oxygen atoms in total. The number of aromatic nitrogens is 2. The van der Waals surface area contributed by atoms with Crippen molar-refractivity contribution in [2.45, 2.75) is 25.4 Å². The zero-order valence-corrected chi connectivity index (χ0v) is 18.1. The van der Waals surface area contributed by atoms with Crippen LogP contribution in [-0.2, 0) is 6.54 Å². The van der Waals surface area contributed by atoms with E-state index in [2.05, 4.69) is 20.2 Å². The molecule has 3 aromatic rings. The van der Waals surface area contributed by atoms with Gasteiger partial charge in [-0.3, -0.25) is 14.7 Å². The molecule has 1 aromatic carbocycles. The number of amides is 1. The molecule has 0 saturated carbocycles. The average Bonchev–Trinajstić information content (AvgIpc) is 3.34. The van der Waals surface area contributed by atoms with Gasteiger partial charge in [0.25, 0.3) is 5.91 Å². The van der Waals surface area contributed by atoms with Crippen molar-refractivity contribution in [3.8, 4) is 5.75 Å². The maximum absolute atomic E-state index is 14.5. The fourth-order valence-corrected chi connectivity index (χ4v) is 4.79. The quantitative estimate of drug-likeness (QED) is 0.600. The summed E-state index contributed by atoms with van der Waals surface area (Å²) in [6.07, 6.45) is 5.31. The molecule has 31 heavy (non-hydrogen) atoms. The summed E-state index contributed by atoms with van der Waals surface area (Å²) in [5, 5.41) is 5.95. The van der Waals surface area contributed by atoms with E-state index in [9.17, 15) is 9.18 Å². The van der Waals surface area contributed by atoms with Crippen molar-refractivity contribution < 1.29 is 13.9 Å². The summed E-state index contributed by atoms with van der Waals surface area (Å²) in [6, 6.07) is 10.1. The summed E-state index contributed by atoms with van der Waals surface area (Å²) >= 11 is 1.53. The second kappa shape index (κ2) is 9.98. The van der Waals surface area contributed by atoms with Crippen LogP contribution in [0.15, 0.2) is 54.2 Å². The maximum Gasteiger partial charge on any atom is 0.270 e. The molecule has 2 aromatic heterocycles. The van der Waals surface area contributed by atoms with E-state index in [1.165, 1.54) is 24.5 Å². The number of likely N-dealkylation sites (tertiary alicyclic amines) is 1. The van der Waals surface area contributed by atoms with E-state index in [1.807, 2.05) is 5.38 Å². The molecule has 0 radical (unpaired) electrons. The SMILES string of the molecule is COc1ccc(CN2CCC[C@H]([C@H](NC(=O)c3ccccn3)c3nccs3)C2)c(F)c1. The number of thiazole rings is 1. The first-order chi connectivity index (χ1) is 15.1. The number of carbonyl (C=O) groups is 1. The zero-order chi connectivity index (χ0) is 21.6. The first-order valence-electron chi connectivity index (χ1n) is 10.3. The van der Waals surface area contributed by atoms with E-state index in [-0.39, 0.29) is 23.7 Å². The van der Waals surface area contributed by atoms with Crippen LogP contribution in [0.3, 0.4) is 0 Å². The number of methoxy groups -OCH3 is 1. The molecule has 8 heteroatoms. The number of piperidine rings is 1. The molecule has 1 fully saturated rings. The first kappa shape index (κ1) is 21.4. The molecule has 162 valence electrons. The van der Waals surface area contributed by atoms with Gasteiger partial charge in [-0.05, 0) is 43.5 Å². The van der Waals surface area contributed by atoms with Crippen LogP contribution in [0, 0.1) is 11.7 Å². The highest BCUT2D eigenvalue weighted by atomic mass is 32.1. The van der Waals surface area contributed by atoms with Gasteiger partial charge in [-0.25, -0.2) is 9.37 Å². The van der Waals surface area contributed by atoms with Gasteiger partial charge in [-0.15, -0.1) is 11.3 Å². The minimum atomic E-state index is -0.263. The number of halogens is 1. The van der Waals surface area contributed by atoms with Gasteiger partial charge in [0, 0.05) is 42.5 Å². The van der Waals surface area contributed by atoms with Gasteiger partial charge in [-0.1, -0.05) is 12.1 Å². The molecule has 0 unspecified atom stereocenters. The number of nitrogens with one attached hydrogen (secondary N) is 1. The van der Waals surface area contributed by atoms with E-state index in [0.29, 0.717) is 23.6 Å². The smallest absolute Gasteiger partial charge is 0.270 e. The lowest BCUT2D eigenvalue weighted by atomic mass is 9.90. The summed E-state index contributed by atoms with van der Waals surface area (Å²) in [5.41, 5.74) is 1.03. The number of carbonyl (C=O) groups excluding carboxylic acids is 1. The third-order valence-corrected chi connectivity index (χ3v) is 6.43. The Morgan fingerprint density at radius 2 is 2.23 bits per heavy atom. The lowest BCUT2D eigenvalue weighted by Gasteiger charge is -2.36. The van der Waals surface area contributed by atoms with Crippen LogP contribution >= 0.6 is 11.3 Å². The molecule has 1 saturated heterocycles. The Labute approximate surface area is 185 Å². The molecule has 4 rings (SSSR count). The fraction of sp³-hybridized carbons (Fsp3) is 0.348. The minimum Gasteiger partial charge on any atom is -0.497 e. The number of benzene rings is 1. The van der Waals surface area contributed by atoms with Crippen molar-refractivity contribution in [2.24, 2.45) is 5.92 Å². The van der Waals surface area contributed by atoms with E-state index >= 15 is 0 Å². The Hall–Kier alpha value is -2.84. The summed E-state index contributed by atoms with van der Waals surface area (Å²) in [5.74, 6) is 0.216. The molecule has 1 aliphatic heterocycles. The van der Waals surface area contributed by atoms with Crippen LogP contribution in [0.25, 0.3) is 0 Å². The van der Waals surface area contributed by atoms with Crippen LogP contribution in [0.5, 0.6) is 5.75 Å². The Kier molecular flexibility index (Phi) is 6.89. The van der Waals surface area contributed by atoms with Gasteiger partial charge < -0.3 is 10.1 Å². The third-order valence-electron chi connectivity index (χ3n) is 5.57. The molecule has 0 bridgehead atoms. The topological polar surface area (TPSA) is 67.3 Å². The van der Waals surface area contributed by atoms with E-state index in [0.717, 1.165) is 30.9 Å². The van der Waals surface area contributed by atoms with Gasteiger partial charge in [0.05, 0.1) is 13.2 Å². The largest absolute Gasteiger partial charge is 0.497 e. The van der Waals surface area contributed by atoms with Crippen molar-refractivity contribution in [3.05, 3.63) is 76.3 Å². The van der Waals surface area contributed by atoms with Crippen molar-refractivity contribution >= 4 is 17.2 Å². The molecule has 0 aliphatic carbocycles. The van der Waals surface area contributed by atoms with Gasteiger partial charge in [0.15, 0.2) is 0 Å². The monoisotopic (exact) mass is 440 g/mol. The third kappa shape index (κ3) is 5.26. The number of nitrogens with zero attached hydrogens (tertiary/aromatic N) is 3. The van der Waals surface area contributed by atoms with E-state index < -0.39 is 0 Å². The Morgan fingerprint density at radius 1 is 1.32 bits per heavy atom. The summed E-state index contributed by atoms with van der Waals surface area (Å²) in [7, 11) is 1.53. The van der Waals surface area contributed by atoms with E-state index in [1.54, 1.807) is 42.7 Å². The van der Waals surface area contributed by atoms with Gasteiger partial charge >= 0.3 is 0 Å². The second-order valence-corrected chi connectivity index (χ2v) is 8.56. The highest BCUT2D eigenvalue weighted by Crippen LogP contribution is 2.32. The molecular weight excluding hydrogens is 415 g/mol. The minimum absolute atomic E-state index is 0.175. The second-order valence-electron chi connectivity index (χ2n) is 7.63. The summed E-state index contributed by atoms with van der Waals surface area (Å²) < 4.78 is 19.6. The van der Waals surface area contributed by atoms with Crippen molar-refractivity contribution in [1.29, 1.82) is 0 Å². The van der Waals surface area contributed by atoms with Gasteiger partial charge in [0.2, 0.25) is 0 Å². The van der Waals surface area contributed by atoms with Crippen LogP contribution in [0.1, 0.15) is 39.9 Å². The lowest BCUT2D eigenvalue weighted by molar-refractivity contribution is 0.0872. The predicted molar refractivity (Wildman–Crippen MR) is 118 cm³/mol. The Balaban J connectivity index is 1.49. The maximum atomic E-state index is 14.5. The molecule has 1 aliphatic rings. The first-order valence-corrected chi connectivity index (χ1v) is 11.2. The molecule has 2 atom stereocenters. The highest BCUT2D eigenvalue weighted by Gasteiger charge is 2.31. The standard InChI is InChI=1S/C23H25FN4O2S/c1-30-18-8-7-16(19(24)13-18)14-28-11-4-5-17(15-28)21(23-26-10-12-31-23)27-22(29)20-6-2-3-9-25-20/h2-3,6-10,12-13,17,21H,4-5,11,14-15H2,1H3,(H,27,29)/t17-,21-/m0/s1. The van der Waals surface area contributed by atoms with Crippen molar-refractivity contribution in [3.63, 3.8) is 0 Å². The molecule has 1 N–H and O–H groups in total. The summed E-state index contributed by atoms with van der Waals surface area (Å²) in [6.45, 7) is 2.16. The lowest BCUT2D eigenvalue weighted by Crippen LogP contribution is -2.43. The molecule has 3 heterocycles. The average molecular weight is 441 g/mol. The number of hydrogen-bond acceptors (Lipinski definition) is 6. The molecule has 1 amide bonds. The van der Waals surface area contributed by atoms with Crippen LogP contribution in [-0.4, -0.2) is 41.0 Å². The number of ether oxygens (including phenoxy) is 1. The molecular formula is C23H25FN4O2S. The number of rotatable bonds is 7. The Morgan fingerprint density at radius 3 is 2.94 bits per heavy atom. The zero-order valence-electron chi connectivity index (χ0n) is 17.3. The van der Waals surface area contributed by atoms with Crippen LogP contribution < -0.4 is 10.1 Å². The Bertz CT molecular complexity index is 1000. The number of pyridine rings is 1. The van der Waals surface area contributed by atoms with Crippen LogP contribution in [0.4, 0.5) is 4.39 Å².